The quantitative estimate of drug-likeness (QED) is 0.587. The first-order chi connectivity index (χ1) is 14.5. The van der Waals surface area contributed by atoms with E-state index in [1.807, 2.05) is 30.3 Å². The van der Waals surface area contributed by atoms with Gasteiger partial charge in [-0.1, -0.05) is 42.5 Å². The highest BCUT2D eigenvalue weighted by atomic mass is 16.6. The topological polar surface area (TPSA) is 117 Å². The number of carbonyl (C=O) groups excluding carboxylic acids is 3. The molecule has 154 valence electrons. The molecule has 0 aliphatic rings. The number of rotatable bonds is 10. The second-order valence-corrected chi connectivity index (χ2v) is 6.02. The molecule has 0 radical (unpaired) electrons. The van der Waals surface area contributed by atoms with E-state index in [1.165, 1.54) is 0 Å². The van der Waals surface area contributed by atoms with Crippen LogP contribution < -0.4 is 15.8 Å². The largest absolute Gasteiger partial charge is 0.482 e. The van der Waals surface area contributed by atoms with E-state index < -0.39 is 24.0 Å². The third kappa shape index (κ3) is 7.92. The van der Waals surface area contributed by atoms with Gasteiger partial charge in [-0.25, -0.2) is 9.59 Å². The van der Waals surface area contributed by atoms with Crippen LogP contribution in [0, 0.1) is 0 Å². The van der Waals surface area contributed by atoms with Crippen LogP contribution in [-0.4, -0.2) is 37.2 Å². The average Bonchev–Trinajstić information content (AvgIpc) is 2.75. The maximum atomic E-state index is 12.0. The zero-order chi connectivity index (χ0) is 21.8. The molecule has 8 nitrogen and oxygen atoms in total. The molecule has 0 aliphatic heterocycles. The summed E-state index contributed by atoms with van der Waals surface area (Å²) in [5.41, 5.74) is 6.89. The van der Waals surface area contributed by atoms with E-state index in [4.69, 9.17) is 21.3 Å². The van der Waals surface area contributed by atoms with E-state index >= 15 is 0 Å². The Morgan fingerprint density at radius 1 is 1.07 bits per heavy atom. The number of esters is 1. The van der Waals surface area contributed by atoms with Crippen molar-refractivity contribution in [3.63, 3.8) is 0 Å². The Labute approximate surface area is 170 Å². The van der Waals surface area contributed by atoms with Crippen LogP contribution in [0.5, 0.6) is 5.75 Å². The minimum atomic E-state index is -0.981. The molecule has 0 unspecified atom stereocenters. The molecule has 2 aromatic carbocycles. The highest BCUT2D eigenvalue weighted by Crippen LogP contribution is 2.15. The number of hydrogen-bond acceptors (Lipinski definition) is 6. The number of benzene rings is 2. The third-order valence-electron chi connectivity index (χ3n) is 3.81. The fourth-order valence-corrected chi connectivity index (χ4v) is 2.43. The molecule has 2 amide bonds. The number of nitrogens with two attached hydrogens (primary N) is 1. The summed E-state index contributed by atoms with van der Waals surface area (Å²) in [6, 6.07) is 14.8. The Bertz CT molecular complexity index is 846. The number of hydrogen-bond donors (Lipinski definition) is 2. The summed E-state index contributed by atoms with van der Waals surface area (Å²) in [5.74, 6) is -0.896. The molecule has 0 bridgehead atoms. The van der Waals surface area contributed by atoms with Gasteiger partial charge in [-0.2, -0.15) is 0 Å². The lowest BCUT2D eigenvalue weighted by Crippen LogP contribution is -2.46. The first-order valence-electron chi connectivity index (χ1n) is 9.61. The molecule has 1 atom stereocenters. The molecule has 0 saturated carbocycles. The number of amides is 2. The minimum Gasteiger partial charge on any atom is -0.482 e. The van der Waals surface area contributed by atoms with Gasteiger partial charge in [-0.05, 0) is 30.2 Å². The molecule has 8 heteroatoms. The minimum absolute atomic E-state index is 0.00850. The van der Waals surface area contributed by atoms with Gasteiger partial charge in [0.25, 0.3) is 0 Å². The highest BCUT2D eigenvalue weighted by molar-refractivity contribution is 5.84. The summed E-state index contributed by atoms with van der Waals surface area (Å²) in [7, 11) is 0. The van der Waals surface area contributed by atoms with Crippen LogP contribution >= 0.6 is 0 Å². The molecular weight excluding hydrogens is 376 g/mol. The second kappa shape index (κ2) is 11.3. The highest BCUT2D eigenvalue weighted by Gasteiger charge is 2.20. The Balaban J connectivity index is 1.88. The molecule has 0 aromatic heterocycles. The van der Waals surface area contributed by atoms with Gasteiger partial charge < -0.3 is 25.3 Å². The van der Waals surface area contributed by atoms with E-state index in [2.05, 4.69) is 5.32 Å². The number of ether oxygens (including phenoxy) is 3. The Morgan fingerprint density at radius 3 is 2.55 bits per heavy atom. The number of primary amides is 1. The smallest absolute Gasteiger partial charge is 0.408 e. The van der Waals surface area contributed by atoms with Crippen molar-refractivity contribution in [1.82, 2.24) is 5.32 Å². The molecule has 0 heterocycles. The number of nitrogens with one attached hydrogen (secondary N) is 1. The van der Waals surface area contributed by atoms with Crippen molar-refractivity contribution in [2.24, 2.45) is 5.73 Å². The zero-order valence-electron chi connectivity index (χ0n) is 16.8. The molecule has 0 fully saturated rings. The Morgan fingerprint density at radius 2 is 1.83 bits per heavy atom. The van der Waals surface area contributed by atoms with Gasteiger partial charge in [-0.3, -0.25) is 4.79 Å². The number of carbonyl (C=O) groups is 3. The van der Waals surface area contributed by atoms with Gasteiger partial charge in [0.15, 0.2) is 6.61 Å². The van der Waals surface area contributed by atoms with E-state index in [1.54, 1.807) is 24.3 Å². The van der Waals surface area contributed by atoms with E-state index in [0.29, 0.717) is 11.3 Å². The zero-order valence-corrected chi connectivity index (χ0v) is 15.8. The Kier molecular flexibility index (Phi) is 7.89. The first kappa shape index (κ1) is 20.2. The monoisotopic (exact) mass is 402 g/mol. The van der Waals surface area contributed by atoms with Crippen molar-refractivity contribution in [2.45, 2.75) is 26.0 Å². The molecule has 2 rings (SSSR count). The van der Waals surface area contributed by atoms with Crippen LogP contribution in [0.1, 0.15) is 19.4 Å². The van der Waals surface area contributed by atoms with Crippen molar-refractivity contribution in [3.05, 3.63) is 65.7 Å². The molecule has 0 aliphatic carbocycles. The molecular formula is C21H24N2O6. The summed E-state index contributed by atoms with van der Waals surface area (Å²) in [6.07, 6.45) is -0.636. The van der Waals surface area contributed by atoms with Crippen molar-refractivity contribution >= 4 is 18.0 Å². The van der Waals surface area contributed by atoms with Gasteiger partial charge >= 0.3 is 12.1 Å². The number of alkyl carbamates (subject to hydrolysis) is 1. The average molecular weight is 402 g/mol. The molecule has 29 heavy (non-hydrogen) atoms. The fraction of sp³-hybridized carbons (Fsp3) is 0.286. The third-order valence-corrected chi connectivity index (χ3v) is 3.81. The maximum Gasteiger partial charge on any atom is 0.408 e. The fourth-order valence-electron chi connectivity index (χ4n) is 2.43. The van der Waals surface area contributed by atoms with Crippen LogP contribution in [0.3, 0.4) is 0 Å². The maximum absolute atomic E-state index is 12.0. The van der Waals surface area contributed by atoms with Crippen LogP contribution in [0.2, 0.25) is 0 Å². The van der Waals surface area contributed by atoms with Crippen molar-refractivity contribution in [3.8, 4) is 5.75 Å². The van der Waals surface area contributed by atoms with E-state index in [-0.39, 0.29) is 33.1 Å². The second-order valence-electron chi connectivity index (χ2n) is 6.02. The summed E-state index contributed by atoms with van der Waals surface area (Å²) in [6.45, 7) is -0.240. The van der Waals surface area contributed by atoms with Crippen LogP contribution in [0.4, 0.5) is 4.79 Å². The SMILES string of the molecule is [3H]CCOC(=O)COc1cccc(C[C@H](NC(=O)OCc2ccccc2)C(N)=O)c1. The molecule has 2 aromatic rings. The van der Waals surface area contributed by atoms with Gasteiger partial charge in [-0.15, -0.1) is 0 Å². The Hall–Kier alpha value is -3.55. The summed E-state index contributed by atoms with van der Waals surface area (Å²) < 4.78 is 22.2. The standard InChI is InChI=1S/C21H24N2O6/c1-2-27-19(24)14-28-17-10-6-9-16(11-17)12-18(20(22)25)23-21(26)29-13-15-7-4-3-5-8-15/h3-11,18H,2,12-14H2,1H3,(H2,22,25)(H,23,26)/t18-/m0/s1/i1T. The predicted octanol–water partition coefficient (Wildman–Crippen LogP) is 1.95. The summed E-state index contributed by atoms with van der Waals surface area (Å²) >= 11 is 0. The normalized spacial score (nSPS) is 11.7. The first-order valence-corrected chi connectivity index (χ1v) is 8.91. The van der Waals surface area contributed by atoms with Gasteiger partial charge in [0, 0.05) is 7.79 Å². The summed E-state index contributed by atoms with van der Waals surface area (Å²) in [5, 5.41) is 2.46. The van der Waals surface area contributed by atoms with Crippen molar-refractivity contribution < 1.29 is 30.0 Å². The summed E-state index contributed by atoms with van der Waals surface area (Å²) in [4.78, 5) is 35.2. The van der Waals surface area contributed by atoms with Crippen LogP contribution in [0.15, 0.2) is 54.6 Å². The van der Waals surface area contributed by atoms with Crippen molar-refractivity contribution in [2.75, 3.05) is 13.2 Å². The van der Waals surface area contributed by atoms with Crippen LogP contribution in [0.25, 0.3) is 0 Å². The lowest BCUT2D eigenvalue weighted by molar-refractivity contribution is -0.145. The van der Waals surface area contributed by atoms with Gasteiger partial charge in [0.05, 0.1) is 6.61 Å². The van der Waals surface area contributed by atoms with Crippen LogP contribution in [-0.2, 0) is 32.1 Å². The van der Waals surface area contributed by atoms with E-state index in [0.717, 1.165) is 5.56 Å². The lowest BCUT2D eigenvalue weighted by atomic mass is 10.1. The van der Waals surface area contributed by atoms with E-state index in [9.17, 15) is 14.4 Å². The predicted molar refractivity (Wildman–Crippen MR) is 105 cm³/mol. The molecule has 0 spiro atoms. The molecule has 3 N–H and O–H groups in total. The van der Waals surface area contributed by atoms with Gasteiger partial charge in [0.1, 0.15) is 18.4 Å². The van der Waals surface area contributed by atoms with Crippen molar-refractivity contribution in [1.29, 1.82) is 0 Å². The van der Waals surface area contributed by atoms with Gasteiger partial charge in [0.2, 0.25) is 5.91 Å². The molecule has 0 saturated heterocycles. The lowest BCUT2D eigenvalue weighted by Gasteiger charge is -2.16.